The molecule has 3 rings (SSSR count). The Morgan fingerprint density at radius 2 is 2.14 bits per heavy atom. The fourth-order valence-electron chi connectivity index (χ4n) is 3.02. The molecule has 0 amide bonds. The molecule has 2 N–H and O–H groups in total. The van der Waals surface area contributed by atoms with Crippen LogP contribution in [-0.4, -0.2) is 48.4 Å². The van der Waals surface area contributed by atoms with Crippen molar-refractivity contribution >= 4 is 5.82 Å². The average Bonchev–Trinajstić information content (AvgIpc) is 2.99. The fraction of sp³-hybridized carbons (Fsp3) is 0.471. The number of nitrogens with one attached hydrogen (secondary N) is 2. The lowest BCUT2D eigenvalue weighted by molar-refractivity contribution is 0.279. The third-order valence-electron chi connectivity index (χ3n) is 4.30. The minimum Gasteiger partial charge on any atom is -0.370 e. The van der Waals surface area contributed by atoms with Crippen molar-refractivity contribution in [2.24, 2.45) is 5.92 Å². The van der Waals surface area contributed by atoms with E-state index in [4.69, 9.17) is 0 Å². The number of hydrogen-bond donors (Lipinski definition) is 2. The standard InChI is InChI=1S/C17H25N5/c1-21(2)16(15-6-4-3-5-7-15)12-18-10-14-11-19-17-8-9-20-22(17)13-14/h3-9,14,16,18-19H,10-13H2,1-2H3/t14-,16+/m1/s1. The number of anilines is 1. The molecule has 118 valence electrons. The molecule has 5 heteroatoms. The van der Waals surface area contributed by atoms with E-state index in [1.807, 2.05) is 12.3 Å². The molecule has 0 bridgehead atoms. The first-order valence-corrected chi connectivity index (χ1v) is 7.92. The van der Waals surface area contributed by atoms with Crippen molar-refractivity contribution in [1.82, 2.24) is 20.0 Å². The summed E-state index contributed by atoms with van der Waals surface area (Å²) in [5, 5.41) is 11.4. The second kappa shape index (κ2) is 6.94. The molecule has 0 fully saturated rings. The highest BCUT2D eigenvalue weighted by Gasteiger charge is 2.19. The zero-order valence-corrected chi connectivity index (χ0v) is 13.4. The lowest BCUT2D eigenvalue weighted by Gasteiger charge is -2.28. The molecule has 1 aliphatic heterocycles. The number of benzene rings is 1. The third kappa shape index (κ3) is 3.48. The Kier molecular flexibility index (Phi) is 4.75. The monoisotopic (exact) mass is 299 g/mol. The highest BCUT2D eigenvalue weighted by atomic mass is 15.3. The highest BCUT2D eigenvalue weighted by Crippen LogP contribution is 2.18. The van der Waals surface area contributed by atoms with E-state index in [1.54, 1.807) is 0 Å². The molecule has 0 saturated carbocycles. The Bertz CT molecular complexity index is 578. The van der Waals surface area contributed by atoms with Gasteiger partial charge < -0.3 is 15.5 Å². The van der Waals surface area contributed by atoms with Crippen molar-refractivity contribution < 1.29 is 0 Å². The summed E-state index contributed by atoms with van der Waals surface area (Å²) in [6, 6.07) is 13.1. The van der Waals surface area contributed by atoms with Crippen LogP contribution in [0.15, 0.2) is 42.6 Å². The van der Waals surface area contributed by atoms with E-state index in [2.05, 4.69) is 69.7 Å². The second-order valence-corrected chi connectivity index (χ2v) is 6.19. The molecule has 2 atom stereocenters. The van der Waals surface area contributed by atoms with Gasteiger partial charge in [-0.1, -0.05) is 30.3 Å². The third-order valence-corrected chi connectivity index (χ3v) is 4.30. The Labute approximate surface area is 132 Å². The van der Waals surface area contributed by atoms with Gasteiger partial charge in [0.2, 0.25) is 0 Å². The highest BCUT2D eigenvalue weighted by molar-refractivity contribution is 5.35. The van der Waals surface area contributed by atoms with Crippen LogP contribution in [0.25, 0.3) is 0 Å². The van der Waals surface area contributed by atoms with Crippen molar-refractivity contribution in [3.05, 3.63) is 48.2 Å². The Morgan fingerprint density at radius 3 is 2.91 bits per heavy atom. The maximum Gasteiger partial charge on any atom is 0.124 e. The van der Waals surface area contributed by atoms with Crippen LogP contribution in [0.1, 0.15) is 11.6 Å². The fourth-order valence-corrected chi connectivity index (χ4v) is 3.02. The zero-order valence-electron chi connectivity index (χ0n) is 13.4. The van der Waals surface area contributed by atoms with Crippen LogP contribution >= 0.6 is 0 Å². The Morgan fingerprint density at radius 1 is 1.32 bits per heavy atom. The molecule has 0 spiro atoms. The number of fused-ring (bicyclic) bond motifs is 1. The van der Waals surface area contributed by atoms with Gasteiger partial charge in [0.25, 0.3) is 0 Å². The van der Waals surface area contributed by atoms with Crippen LogP contribution in [0.3, 0.4) is 0 Å². The molecule has 2 heterocycles. The van der Waals surface area contributed by atoms with E-state index in [9.17, 15) is 0 Å². The largest absolute Gasteiger partial charge is 0.370 e. The Balaban J connectivity index is 1.51. The molecule has 2 aromatic rings. The summed E-state index contributed by atoms with van der Waals surface area (Å²) in [6.07, 6.45) is 1.86. The van der Waals surface area contributed by atoms with Crippen LogP contribution in [0, 0.1) is 5.92 Å². The molecule has 0 aliphatic carbocycles. The van der Waals surface area contributed by atoms with Gasteiger partial charge in [0.15, 0.2) is 0 Å². The summed E-state index contributed by atoms with van der Waals surface area (Å²) in [4.78, 5) is 2.27. The summed E-state index contributed by atoms with van der Waals surface area (Å²) in [5.41, 5.74) is 1.36. The van der Waals surface area contributed by atoms with Crippen LogP contribution < -0.4 is 10.6 Å². The van der Waals surface area contributed by atoms with E-state index < -0.39 is 0 Å². The van der Waals surface area contributed by atoms with Gasteiger partial charge in [-0.2, -0.15) is 5.10 Å². The number of nitrogens with zero attached hydrogens (tertiary/aromatic N) is 3. The van der Waals surface area contributed by atoms with Gasteiger partial charge in [-0.25, -0.2) is 4.68 Å². The molecular weight excluding hydrogens is 274 g/mol. The van der Waals surface area contributed by atoms with Crippen LogP contribution in [0.4, 0.5) is 5.82 Å². The van der Waals surface area contributed by atoms with Crippen molar-refractivity contribution in [2.45, 2.75) is 12.6 Å². The topological polar surface area (TPSA) is 45.1 Å². The lowest BCUT2D eigenvalue weighted by atomic mass is 10.0. The van der Waals surface area contributed by atoms with Crippen molar-refractivity contribution in [2.75, 3.05) is 39.0 Å². The molecule has 1 aromatic heterocycles. The minimum absolute atomic E-state index is 0.401. The van der Waals surface area contributed by atoms with E-state index in [0.29, 0.717) is 12.0 Å². The normalized spacial score (nSPS) is 18.8. The van der Waals surface area contributed by atoms with E-state index in [1.165, 1.54) is 5.56 Å². The van der Waals surface area contributed by atoms with Crippen molar-refractivity contribution in [1.29, 1.82) is 0 Å². The summed E-state index contributed by atoms with van der Waals surface area (Å²) in [5.74, 6) is 1.71. The van der Waals surface area contributed by atoms with Crippen LogP contribution in [0.5, 0.6) is 0 Å². The van der Waals surface area contributed by atoms with E-state index in [0.717, 1.165) is 32.0 Å². The number of likely N-dealkylation sites (N-methyl/N-ethyl adjacent to an activating group) is 1. The molecule has 0 radical (unpaired) electrons. The Hall–Kier alpha value is -1.85. The van der Waals surface area contributed by atoms with Gasteiger partial charge in [-0.05, 0) is 19.7 Å². The molecule has 1 aromatic carbocycles. The van der Waals surface area contributed by atoms with Gasteiger partial charge in [0.1, 0.15) is 5.82 Å². The van der Waals surface area contributed by atoms with Gasteiger partial charge in [0, 0.05) is 44.2 Å². The molecule has 1 aliphatic rings. The molecule has 22 heavy (non-hydrogen) atoms. The van der Waals surface area contributed by atoms with Crippen LogP contribution in [0.2, 0.25) is 0 Å². The molecular formula is C17H25N5. The van der Waals surface area contributed by atoms with Gasteiger partial charge in [0.05, 0.1) is 6.20 Å². The predicted octanol–water partition coefficient (Wildman–Crippen LogP) is 1.82. The first-order chi connectivity index (χ1) is 10.7. The van der Waals surface area contributed by atoms with Gasteiger partial charge >= 0.3 is 0 Å². The van der Waals surface area contributed by atoms with E-state index >= 15 is 0 Å². The van der Waals surface area contributed by atoms with Gasteiger partial charge in [-0.15, -0.1) is 0 Å². The minimum atomic E-state index is 0.401. The molecule has 0 unspecified atom stereocenters. The summed E-state index contributed by atoms with van der Waals surface area (Å²) < 4.78 is 2.05. The van der Waals surface area contributed by atoms with Crippen LogP contribution in [-0.2, 0) is 6.54 Å². The first-order valence-electron chi connectivity index (χ1n) is 7.92. The molecule has 0 saturated heterocycles. The quantitative estimate of drug-likeness (QED) is 0.854. The summed E-state index contributed by atoms with van der Waals surface area (Å²) in [7, 11) is 4.27. The first kappa shape index (κ1) is 15.1. The SMILES string of the molecule is CN(C)[C@@H](CNC[C@@H]1CNc2ccnn2C1)c1ccccc1. The molecule has 5 nitrogen and oxygen atoms in total. The van der Waals surface area contributed by atoms with E-state index in [-0.39, 0.29) is 0 Å². The lowest BCUT2D eigenvalue weighted by Crippen LogP contribution is -2.38. The smallest absolute Gasteiger partial charge is 0.124 e. The summed E-state index contributed by atoms with van der Waals surface area (Å²) in [6.45, 7) is 3.96. The van der Waals surface area contributed by atoms with Crippen molar-refractivity contribution in [3.8, 4) is 0 Å². The van der Waals surface area contributed by atoms with Crippen molar-refractivity contribution in [3.63, 3.8) is 0 Å². The predicted molar refractivity (Wildman–Crippen MR) is 89.9 cm³/mol. The van der Waals surface area contributed by atoms with Gasteiger partial charge in [-0.3, -0.25) is 0 Å². The second-order valence-electron chi connectivity index (χ2n) is 6.19. The number of aromatic nitrogens is 2. The number of rotatable bonds is 6. The summed E-state index contributed by atoms with van der Waals surface area (Å²) >= 11 is 0. The average molecular weight is 299 g/mol. The number of hydrogen-bond acceptors (Lipinski definition) is 4. The maximum atomic E-state index is 4.34. The zero-order chi connectivity index (χ0) is 15.4. The maximum absolute atomic E-state index is 4.34.